The molecule has 1 atom stereocenters. The predicted octanol–water partition coefficient (Wildman–Crippen LogP) is 3.27. The summed E-state index contributed by atoms with van der Waals surface area (Å²) in [5.74, 6) is 0.965. The summed E-state index contributed by atoms with van der Waals surface area (Å²) in [7, 11) is 3.41. The normalized spacial score (nSPS) is 15.6. The molecule has 6 nitrogen and oxygen atoms in total. The first kappa shape index (κ1) is 23.4. The van der Waals surface area contributed by atoms with E-state index in [1.807, 2.05) is 4.90 Å². The number of pyridine rings is 1. The van der Waals surface area contributed by atoms with Crippen LogP contribution in [0.15, 0.2) is 24.5 Å². The minimum Gasteiger partial charge on any atom is -0.349 e. The molecule has 1 unspecified atom stereocenters. The maximum Gasteiger partial charge on any atom is 0.222 e. The van der Waals surface area contributed by atoms with E-state index >= 15 is 0 Å². The molecule has 1 heterocycles. The Morgan fingerprint density at radius 2 is 1.93 bits per heavy atom. The summed E-state index contributed by atoms with van der Waals surface area (Å²) >= 11 is 1.64. The fourth-order valence-electron chi connectivity index (χ4n) is 3.74. The predicted molar refractivity (Wildman–Crippen MR) is 117 cm³/mol. The SMILES string of the molecule is CC(=O)N(CCSCC(CC(=O)N(C)C)C(=O)c1cccnc1)C1CCCCC1. The third-order valence-electron chi connectivity index (χ3n) is 5.45. The summed E-state index contributed by atoms with van der Waals surface area (Å²) < 4.78 is 0. The van der Waals surface area contributed by atoms with Gasteiger partial charge in [0, 0.05) is 75.4 Å². The third kappa shape index (κ3) is 7.46. The number of thioether (sulfide) groups is 1. The van der Waals surface area contributed by atoms with Crippen LogP contribution >= 0.6 is 11.8 Å². The first-order valence-corrected chi connectivity index (χ1v) is 11.5. The van der Waals surface area contributed by atoms with Crippen LogP contribution in [0.2, 0.25) is 0 Å². The van der Waals surface area contributed by atoms with Crippen LogP contribution in [0.4, 0.5) is 0 Å². The highest BCUT2D eigenvalue weighted by atomic mass is 32.2. The van der Waals surface area contributed by atoms with Gasteiger partial charge in [-0.25, -0.2) is 0 Å². The second-order valence-corrected chi connectivity index (χ2v) is 9.02. The van der Waals surface area contributed by atoms with E-state index in [9.17, 15) is 14.4 Å². The molecule has 1 aliphatic rings. The zero-order chi connectivity index (χ0) is 21.2. The van der Waals surface area contributed by atoms with E-state index in [1.54, 1.807) is 57.3 Å². The maximum atomic E-state index is 12.9. The number of ketones is 1. The molecular weight excluding hydrogens is 386 g/mol. The Morgan fingerprint density at radius 1 is 1.21 bits per heavy atom. The quantitative estimate of drug-likeness (QED) is 0.430. The van der Waals surface area contributed by atoms with Crippen molar-refractivity contribution in [2.24, 2.45) is 5.92 Å². The molecule has 160 valence electrons. The van der Waals surface area contributed by atoms with Gasteiger partial charge in [-0.3, -0.25) is 19.4 Å². The van der Waals surface area contributed by atoms with Gasteiger partial charge in [-0.05, 0) is 25.0 Å². The van der Waals surface area contributed by atoms with Gasteiger partial charge in [-0.15, -0.1) is 0 Å². The molecule has 0 spiro atoms. The van der Waals surface area contributed by atoms with Crippen LogP contribution in [0.3, 0.4) is 0 Å². The molecule has 1 saturated carbocycles. The number of hydrogen-bond acceptors (Lipinski definition) is 5. The number of carbonyl (C=O) groups excluding carboxylic acids is 3. The summed E-state index contributed by atoms with van der Waals surface area (Å²) in [6, 6.07) is 3.83. The molecule has 1 aliphatic carbocycles. The molecule has 1 fully saturated rings. The van der Waals surface area contributed by atoms with E-state index in [0.717, 1.165) is 18.6 Å². The number of carbonyl (C=O) groups is 3. The average molecular weight is 420 g/mol. The van der Waals surface area contributed by atoms with E-state index in [-0.39, 0.29) is 29.9 Å². The van der Waals surface area contributed by atoms with Gasteiger partial charge < -0.3 is 9.80 Å². The Labute approximate surface area is 178 Å². The zero-order valence-electron chi connectivity index (χ0n) is 17.8. The molecule has 29 heavy (non-hydrogen) atoms. The fraction of sp³-hybridized carbons (Fsp3) is 0.636. The van der Waals surface area contributed by atoms with Crippen LogP contribution in [-0.4, -0.2) is 70.6 Å². The highest BCUT2D eigenvalue weighted by molar-refractivity contribution is 7.99. The highest BCUT2D eigenvalue weighted by Gasteiger charge is 2.26. The fourth-order valence-corrected chi connectivity index (χ4v) is 4.79. The number of hydrogen-bond donors (Lipinski definition) is 0. The van der Waals surface area contributed by atoms with Crippen molar-refractivity contribution >= 4 is 29.4 Å². The molecule has 0 bridgehead atoms. The first-order chi connectivity index (χ1) is 13.9. The van der Waals surface area contributed by atoms with Gasteiger partial charge in [0.1, 0.15) is 0 Å². The first-order valence-electron chi connectivity index (χ1n) is 10.4. The van der Waals surface area contributed by atoms with Crippen LogP contribution in [0.25, 0.3) is 0 Å². The van der Waals surface area contributed by atoms with E-state index in [4.69, 9.17) is 0 Å². The van der Waals surface area contributed by atoms with Crippen molar-refractivity contribution in [3.8, 4) is 0 Å². The summed E-state index contributed by atoms with van der Waals surface area (Å²) in [5, 5.41) is 0. The maximum absolute atomic E-state index is 12.9. The third-order valence-corrected chi connectivity index (χ3v) is 6.56. The lowest BCUT2D eigenvalue weighted by Crippen LogP contribution is -2.41. The smallest absolute Gasteiger partial charge is 0.222 e. The van der Waals surface area contributed by atoms with Gasteiger partial charge in [0.2, 0.25) is 11.8 Å². The van der Waals surface area contributed by atoms with Crippen molar-refractivity contribution in [3.05, 3.63) is 30.1 Å². The van der Waals surface area contributed by atoms with Crippen molar-refractivity contribution in [1.29, 1.82) is 0 Å². The minimum atomic E-state index is -0.389. The largest absolute Gasteiger partial charge is 0.349 e. The molecular formula is C22H33N3O3S. The van der Waals surface area contributed by atoms with Crippen LogP contribution in [0.5, 0.6) is 0 Å². The van der Waals surface area contributed by atoms with Crippen LogP contribution in [0.1, 0.15) is 55.8 Å². The molecule has 0 saturated heterocycles. The zero-order valence-corrected chi connectivity index (χ0v) is 18.6. The second kappa shape index (κ2) is 12.0. The lowest BCUT2D eigenvalue weighted by Gasteiger charge is -2.33. The van der Waals surface area contributed by atoms with Crippen molar-refractivity contribution in [2.75, 3.05) is 32.1 Å². The average Bonchev–Trinajstić information content (AvgIpc) is 2.73. The van der Waals surface area contributed by atoms with Gasteiger partial charge in [-0.2, -0.15) is 11.8 Å². The van der Waals surface area contributed by atoms with E-state index in [1.165, 1.54) is 24.2 Å². The van der Waals surface area contributed by atoms with E-state index in [0.29, 0.717) is 23.9 Å². The molecule has 2 rings (SSSR count). The Kier molecular flexibility index (Phi) is 9.64. The van der Waals surface area contributed by atoms with Crippen LogP contribution in [-0.2, 0) is 9.59 Å². The molecule has 7 heteroatoms. The van der Waals surface area contributed by atoms with Gasteiger partial charge >= 0.3 is 0 Å². The second-order valence-electron chi connectivity index (χ2n) is 7.87. The monoisotopic (exact) mass is 419 g/mol. The Balaban J connectivity index is 1.93. The standard InChI is InChI=1S/C22H33N3O3S/c1-17(26)25(20-9-5-4-6-10-20)12-13-29-16-19(14-21(27)24(2)3)22(28)18-8-7-11-23-15-18/h7-8,11,15,19-20H,4-6,9-10,12-14,16H2,1-3H3. The molecule has 0 aliphatic heterocycles. The Bertz CT molecular complexity index is 675. The van der Waals surface area contributed by atoms with E-state index < -0.39 is 0 Å². The molecule has 1 aromatic heterocycles. The van der Waals surface area contributed by atoms with Crippen molar-refractivity contribution in [3.63, 3.8) is 0 Å². The lowest BCUT2D eigenvalue weighted by atomic mass is 9.94. The number of Topliss-reactive ketones (excluding diaryl/α,β-unsaturated/α-hetero) is 1. The van der Waals surface area contributed by atoms with Gasteiger partial charge in [0.05, 0.1) is 0 Å². The molecule has 0 N–H and O–H groups in total. The Morgan fingerprint density at radius 3 is 2.52 bits per heavy atom. The Hall–Kier alpha value is -1.89. The molecule has 0 aromatic carbocycles. The highest BCUT2D eigenvalue weighted by Crippen LogP contribution is 2.24. The summed E-state index contributed by atoms with van der Waals surface area (Å²) in [4.78, 5) is 44.8. The summed E-state index contributed by atoms with van der Waals surface area (Å²) in [5.41, 5.74) is 0.539. The van der Waals surface area contributed by atoms with Crippen LogP contribution < -0.4 is 0 Å². The topological polar surface area (TPSA) is 70.6 Å². The molecule has 0 radical (unpaired) electrons. The number of nitrogens with zero attached hydrogens (tertiary/aromatic N) is 3. The lowest BCUT2D eigenvalue weighted by molar-refractivity contribution is -0.131. The van der Waals surface area contributed by atoms with Crippen molar-refractivity contribution in [1.82, 2.24) is 14.8 Å². The van der Waals surface area contributed by atoms with Gasteiger partial charge in [0.15, 0.2) is 5.78 Å². The molecule has 1 aromatic rings. The van der Waals surface area contributed by atoms with Crippen molar-refractivity contribution in [2.45, 2.75) is 51.5 Å². The number of aromatic nitrogens is 1. The van der Waals surface area contributed by atoms with Crippen LogP contribution in [0, 0.1) is 5.92 Å². The number of amides is 2. The van der Waals surface area contributed by atoms with E-state index in [2.05, 4.69) is 4.98 Å². The summed E-state index contributed by atoms with van der Waals surface area (Å²) in [6.45, 7) is 2.34. The van der Waals surface area contributed by atoms with Gasteiger partial charge in [-0.1, -0.05) is 19.3 Å². The minimum absolute atomic E-state index is 0.0449. The summed E-state index contributed by atoms with van der Waals surface area (Å²) in [6.07, 6.45) is 9.19. The van der Waals surface area contributed by atoms with Gasteiger partial charge in [0.25, 0.3) is 0 Å². The number of rotatable bonds is 10. The molecule has 2 amide bonds. The van der Waals surface area contributed by atoms with Crippen molar-refractivity contribution < 1.29 is 14.4 Å².